The molecule has 1 amide bonds. The van der Waals surface area contributed by atoms with Crippen molar-refractivity contribution in [1.82, 2.24) is 20.1 Å². The number of carbonyl (C=O) groups is 1. The Morgan fingerprint density at radius 1 is 1.02 bits per heavy atom. The van der Waals surface area contributed by atoms with E-state index in [9.17, 15) is 10.1 Å². The molecule has 3 heterocycles. The second-order valence-electron chi connectivity index (χ2n) is 15.4. The van der Waals surface area contributed by atoms with Crippen molar-refractivity contribution in [3.05, 3.63) is 47.1 Å². The lowest BCUT2D eigenvalue weighted by Crippen LogP contribution is -2.48. The Morgan fingerprint density at radius 2 is 1.77 bits per heavy atom. The molecule has 286 valence electrons. The summed E-state index contributed by atoms with van der Waals surface area (Å²) in [7, 11) is 2.14. The molecule has 53 heavy (non-hydrogen) atoms. The summed E-state index contributed by atoms with van der Waals surface area (Å²) >= 11 is 6.79. The number of fused-ring (bicyclic) bond motifs is 1. The fraction of sp³-hybridized carbons (Fsp3) is 0.595. The van der Waals surface area contributed by atoms with Gasteiger partial charge < -0.3 is 35.2 Å². The highest BCUT2D eigenvalue weighted by Gasteiger charge is 2.34. The van der Waals surface area contributed by atoms with Gasteiger partial charge in [-0.25, -0.2) is 0 Å². The summed E-state index contributed by atoms with van der Waals surface area (Å²) in [5, 5.41) is 21.6. The Bertz CT molecular complexity index is 1700. The van der Waals surface area contributed by atoms with E-state index in [0.717, 1.165) is 52.1 Å². The molecule has 3 N–H and O–H groups in total. The fourth-order valence-corrected chi connectivity index (χ4v) is 8.43. The number of amides is 1. The van der Waals surface area contributed by atoms with E-state index in [1.165, 1.54) is 64.2 Å². The summed E-state index contributed by atoms with van der Waals surface area (Å²) in [4.78, 5) is 22.4. The van der Waals surface area contributed by atoms with Crippen LogP contribution in [0.15, 0.2) is 36.5 Å². The van der Waals surface area contributed by atoms with Crippen molar-refractivity contribution in [2.45, 2.75) is 96.4 Å². The molecule has 10 nitrogen and oxygen atoms in total. The Hall–Kier alpha value is -3.62. The number of rotatable bonds is 12. The van der Waals surface area contributed by atoms with Crippen molar-refractivity contribution in [2.75, 3.05) is 70.2 Å². The number of hydrogen-bond acceptors (Lipinski definition) is 9. The first-order valence-electron chi connectivity index (χ1n) is 20.0. The predicted octanol–water partition coefficient (Wildman–Crippen LogP) is 8.51. The van der Waals surface area contributed by atoms with E-state index in [1.54, 1.807) is 6.20 Å². The summed E-state index contributed by atoms with van der Waals surface area (Å²) in [5.74, 6) is 1.10. The number of hydrogen-bond donors (Lipinski definition) is 3. The molecule has 1 unspecified atom stereocenters. The third kappa shape index (κ3) is 10.8. The van der Waals surface area contributed by atoms with Crippen LogP contribution in [0.5, 0.6) is 11.5 Å². The monoisotopic (exact) mass is 743 g/mol. The SMILES string of the molecule is CCOc1cc2ncc(C#N)c(Nc3ccc(OCC4CCC5(CCCCCCCCC5)CN4)c(Cl)c3)c2cc1NC(=O)CCCN1CCN(C)CC1. The van der Waals surface area contributed by atoms with Gasteiger partial charge >= 0.3 is 0 Å². The van der Waals surface area contributed by atoms with Crippen LogP contribution in [-0.4, -0.2) is 86.3 Å². The lowest BCUT2D eigenvalue weighted by Gasteiger charge is -2.41. The molecule has 1 saturated carbocycles. The molecule has 3 aromatic rings. The molecule has 3 fully saturated rings. The van der Waals surface area contributed by atoms with Gasteiger partial charge in [0.15, 0.2) is 0 Å². The first-order chi connectivity index (χ1) is 25.8. The first-order valence-corrected chi connectivity index (χ1v) is 20.4. The molecular formula is C42H58ClN7O3. The lowest BCUT2D eigenvalue weighted by atomic mass is 9.71. The van der Waals surface area contributed by atoms with Gasteiger partial charge in [0.05, 0.1) is 34.1 Å². The number of aromatic nitrogens is 1. The number of carbonyl (C=O) groups excluding carboxylic acids is 1. The van der Waals surface area contributed by atoms with Crippen LogP contribution in [0, 0.1) is 16.7 Å². The maximum atomic E-state index is 13.1. The first kappa shape index (κ1) is 39.1. The highest BCUT2D eigenvalue weighted by molar-refractivity contribution is 6.32. The van der Waals surface area contributed by atoms with Gasteiger partial charge in [-0.15, -0.1) is 0 Å². The van der Waals surface area contributed by atoms with E-state index >= 15 is 0 Å². The van der Waals surface area contributed by atoms with Gasteiger partial charge in [0.2, 0.25) is 5.91 Å². The van der Waals surface area contributed by atoms with Crippen molar-refractivity contribution in [3.63, 3.8) is 0 Å². The Kier molecular flexibility index (Phi) is 14.1. The number of piperazine rings is 1. The summed E-state index contributed by atoms with van der Waals surface area (Å²) in [5.41, 5.74) is 3.30. The molecular weight excluding hydrogens is 686 g/mol. The minimum Gasteiger partial charge on any atom is -0.492 e. The number of pyridine rings is 1. The summed E-state index contributed by atoms with van der Waals surface area (Å²) in [6, 6.07) is 11.9. The maximum Gasteiger partial charge on any atom is 0.224 e. The zero-order valence-corrected chi connectivity index (χ0v) is 32.5. The molecule has 1 aromatic heterocycles. The number of piperidine rings is 1. The zero-order chi connectivity index (χ0) is 37.0. The molecule has 1 spiro atoms. The van der Waals surface area contributed by atoms with Gasteiger partial charge in [-0.3, -0.25) is 9.78 Å². The van der Waals surface area contributed by atoms with Crippen molar-refractivity contribution in [2.24, 2.45) is 5.41 Å². The van der Waals surface area contributed by atoms with Gasteiger partial charge in [0.25, 0.3) is 0 Å². The summed E-state index contributed by atoms with van der Waals surface area (Å²) in [6.07, 6.45) is 17.4. The third-order valence-electron chi connectivity index (χ3n) is 11.5. The second kappa shape index (κ2) is 19.1. The Balaban J connectivity index is 1.09. The highest BCUT2D eigenvalue weighted by Crippen LogP contribution is 2.41. The molecule has 1 aliphatic carbocycles. The molecule has 2 saturated heterocycles. The summed E-state index contributed by atoms with van der Waals surface area (Å²) < 4.78 is 12.2. The van der Waals surface area contributed by atoms with E-state index in [4.69, 9.17) is 21.1 Å². The Labute approximate surface area is 320 Å². The normalized spacial score (nSPS) is 20.1. The van der Waals surface area contributed by atoms with Gasteiger partial charge in [0, 0.05) is 68.5 Å². The number of likely N-dealkylation sites (N-methyl/N-ethyl adjacent to an activating group) is 1. The second-order valence-corrected chi connectivity index (χ2v) is 15.8. The average Bonchev–Trinajstić information content (AvgIpc) is 3.16. The van der Waals surface area contributed by atoms with Crippen LogP contribution in [-0.2, 0) is 4.79 Å². The van der Waals surface area contributed by atoms with E-state index in [0.29, 0.717) is 81.1 Å². The minimum atomic E-state index is -0.0748. The maximum absolute atomic E-state index is 13.1. The number of ether oxygens (including phenoxy) is 2. The van der Waals surface area contributed by atoms with E-state index in [1.807, 2.05) is 37.3 Å². The third-order valence-corrected chi connectivity index (χ3v) is 11.8. The predicted molar refractivity (Wildman–Crippen MR) is 215 cm³/mol. The van der Waals surface area contributed by atoms with Crippen LogP contribution in [0.4, 0.5) is 17.1 Å². The van der Waals surface area contributed by atoms with E-state index in [-0.39, 0.29) is 5.91 Å². The van der Waals surface area contributed by atoms with Crippen LogP contribution in [0.25, 0.3) is 10.9 Å². The molecule has 0 radical (unpaired) electrons. The fourth-order valence-electron chi connectivity index (χ4n) is 8.20. The van der Waals surface area contributed by atoms with Crippen LogP contribution >= 0.6 is 11.6 Å². The average molecular weight is 744 g/mol. The number of nitrogens with zero attached hydrogens (tertiary/aromatic N) is 4. The highest BCUT2D eigenvalue weighted by atomic mass is 35.5. The molecule has 1 atom stereocenters. The number of benzene rings is 2. The van der Waals surface area contributed by atoms with Crippen molar-refractivity contribution in [3.8, 4) is 17.6 Å². The number of nitrogens with one attached hydrogen (secondary N) is 3. The molecule has 11 heteroatoms. The van der Waals surface area contributed by atoms with Gasteiger partial charge in [-0.2, -0.15) is 5.26 Å². The smallest absolute Gasteiger partial charge is 0.224 e. The molecule has 2 aliphatic heterocycles. The van der Waals surface area contributed by atoms with Crippen LogP contribution < -0.4 is 25.4 Å². The molecule has 3 aliphatic rings. The van der Waals surface area contributed by atoms with E-state index < -0.39 is 0 Å². The van der Waals surface area contributed by atoms with Crippen molar-refractivity contribution in [1.29, 1.82) is 5.26 Å². The van der Waals surface area contributed by atoms with Crippen LogP contribution in [0.3, 0.4) is 0 Å². The minimum absolute atomic E-state index is 0.0748. The number of halogens is 1. The zero-order valence-electron chi connectivity index (χ0n) is 31.8. The molecule has 0 bridgehead atoms. The largest absolute Gasteiger partial charge is 0.492 e. The van der Waals surface area contributed by atoms with Crippen molar-refractivity contribution >= 4 is 45.5 Å². The van der Waals surface area contributed by atoms with Crippen molar-refractivity contribution < 1.29 is 14.3 Å². The van der Waals surface area contributed by atoms with E-state index in [2.05, 4.69) is 43.9 Å². The topological polar surface area (TPSA) is 115 Å². The van der Waals surface area contributed by atoms with Crippen LogP contribution in [0.2, 0.25) is 5.02 Å². The lowest BCUT2D eigenvalue weighted by molar-refractivity contribution is -0.116. The summed E-state index contributed by atoms with van der Waals surface area (Å²) in [6.45, 7) is 9.05. The van der Waals surface area contributed by atoms with Gasteiger partial charge in [0.1, 0.15) is 24.2 Å². The Morgan fingerprint density at radius 3 is 2.45 bits per heavy atom. The van der Waals surface area contributed by atoms with Gasteiger partial charge in [-0.1, -0.05) is 56.5 Å². The molecule has 2 aromatic carbocycles. The quantitative estimate of drug-likeness (QED) is 0.168. The number of anilines is 3. The van der Waals surface area contributed by atoms with Crippen LogP contribution in [0.1, 0.15) is 96.0 Å². The van der Waals surface area contributed by atoms with Gasteiger partial charge in [-0.05, 0) is 82.3 Å². The number of nitriles is 1. The standard InChI is InChI=1S/C42H58ClN7O3/c1-3-52-39-26-36-34(25-37(39)48-40(51)12-11-19-50-22-20-49(2)21-23-50)41(31(27-44)28-45-36)47-32-13-14-38(35(43)24-32)53-29-33-15-18-42(30-46-33)16-9-7-5-4-6-8-10-17-42/h13-14,24-26,28,33,46H,3-12,15-23,29-30H2,1-2H3,(H,45,47)(H,48,51). The molecule has 6 rings (SSSR count).